The molecule has 1 aromatic heterocycles. The van der Waals surface area contributed by atoms with Gasteiger partial charge in [0, 0.05) is 109 Å². The first-order chi connectivity index (χ1) is 51.8. The first kappa shape index (κ1) is 88.8. The number of benzene rings is 2. The Morgan fingerprint density at radius 3 is 1.60 bits per heavy atom. The third-order valence-corrected chi connectivity index (χ3v) is 18.9. The fourth-order valence-corrected chi connectivity index (χ4v) is 13.4. The zero-order chi connectivity index (χ0) is 79.5. The molecule has 3 aliphatic rings. The Morgan fingerprint density at radius 1 is 0.486 bits per heavy atom. The maximum absolute atomic E-state index is 14.3. The minimum absolute atomic E-state index is 0.0369. The molecular formula is C81H121N11O17. The Hall–Kier alpha value is -9.05. The number of hydrogen-bond acceptors (Lipinski definition) is 18. The van der Waals surface area contributed by atoms with Gasteiger partial charge in [-0.25, -0.2) is 14.4 Å². The number of nitrogens with zero attached hydrogens (tertiary/aromatic N) is 2. The van der Waals surface area contributed by atoms with Crippen LogP contribution in [0.1, 0.15) is 220 Å². The van der Waals surface area contributed by atoms with Gasteiger partial charge >= 0.3 is 23.9 Å². The van der Waals surface area contributed by atoms with Crippen molar-refractivity contribution in [3.63, 3.8) is 0 Å². The van der Waals surface area contributed by atoms with Gasteiger partial charge in [-0.2, -0.15) is 0 Å². The van der Waals surface area contributed by atoms with Crippen LogP contribution in [0.4, 0.5) is 4.79 Å². The monoisotopic (exact) mass is 1520 g/mol. The third-order valence-electron chi connectivity index (χ3n) is 18.9. The predicted molar refractivity (Wildman–Crippen MR) is 408 cm³/mol. The fourth-order valence-electron chi connectivity index (χ4n) is 13.4. The van der Waals surface area contributed by atoms with Crippen LogP contribution in [-0.4, -0.2) is 187 Å². The molecule has 602 valence electrons. The summed E-state index contributed by atoms with van der Waals surface area (Å²) < 4.78 is 28.7. The molecule has 1 saturated heterocycles. The lowest BCUT2D eigenvalue weighted by Crippen LogP contribution is -2.55. The van der Waals surface area contributed by atoms with Crippen molar-refractivity contribution >= 4 is 71.2 Å². The molecule has 6 atom stereocenters. The van der Waals surface area contributed by atoms with E-state index in [1.54, 1.807) is 92.7 Å². The van der Waals surface area contributed by atoms with Crippen LogP contribution in [-0.2, 0) is 89.3 Å². The zero-order valence-corrected chi connectivity index (χ0v) is 65.7. The number of pyridine rings is 1. The standard InChI is InChI=1S/C81H121N11O17/c1-79(2,3)107-70(97)42-40-63(77(103)109-81(7,8)9)91-78(104)90-62(76(102)108-80(4,5)6)39-41-66(93)83-44-21-13-11-12-20-29-68(95)88-65(51-55-26-18-15-19-27-55)75(101)89-64(50-54-24-16-14-17-25-54)74(100)85-46-45-84-72(98)56-31-33-58(34-32-56)87-67(94)30-23-48-105-59-35-37-60(38-36-59)106-49-47-86-73(99)61-52-69(96)92(10)71(61)57-28-22-43-82-53-57/h14-19,22,24-28,43,53,56,58-65,71H,11-13,20-21,23,29-42,44-52H2,1-10H3,(H,83,93)(H,84,98)(H,85,100)(H,86,99)(H,87,94)(H,88,95)(H,89,101)(H2,90,91,104)/t56?,58?,59?,60?,61-,62-,63-,64-,65-,71+/m0/s1. The SMILES string of the molecule is CN1C(=O)C[C@H](C(=O)NCCOC2CCC(OCCCC(=O)NC3CCC(C(=O)NCCNC(=O)[C@H](Cc4ccccc4)NC(=O)[C@H](Cc4ccccc4)NC(=O)CCCCCCCNC(=O)CC[C@H](NC(=O)N[C@@H](CCC(=O)OC(C)(C)C)C(=O)OC(C)(C)C)C(=O)OC(C)(C)C)CC3)CC2)[C@H]1c1cccnc1. The van der Waals surface area contributed by atoms with Crippen LogP contribution in [0.15, 0.2) is 85.2 Å². The van der Waals surface area contributed by atoms with Gasteiger partial charge in [-0.3, -0.25) is 48.1 Å². The van der Waals surface area contributed by atoms with Gasteiger partial charge in [-0.05, 0) is 169 Å². The van der Waals surface area contributed by atoms with E-state index in [2.05, 4.69) is 52.8 Å². The number of esters is 3. The van der Waals surface area contributed by atoms with Crippen LogP contribution >= 0.6 is 0 Å². The van der Waals surface area contributed by atoms with Crippen LogP contribution < -0.4 is 47.9 Å². The number of urea groups is 1. The molecule has 0 radical (unpaired) electrons. The maximum Gasteiger partial charge on any atom is 0.329 e. The van der Waals surface area contributed by atoms with Gasteiger partial charge in [0.2, 0.25) is 47.3 Å². The van der Waals surface area contributed by atoms with Crippen molar-refractivity contribution in [2.45, 2.75) is 275 Å². The van der Waals surface area contributed by atoms with Gasteiger partial charge in [-0.1, -0.05) is 86.0 Å². The summed E-state index contributed by atoms with van der Waals surface area (Å²) in [5.41, 5.74) is -0.172. The number of nitrogens with one attached hydrogen (secondary N) is 9. The van der Waals surface area contributed by atoms with Crippen LogP contribution in [0.2, 0.25) is 0 Å². The summed E-state index contributed by atoms with van der Waals surface area (Å²) in [5.74, 6) is -5.03. The maximum atomic E-state index is 14.3. The van der Waals surface area contributed by atoms with Gasteiger partial charge in [0.1, 0.15) is 41.0 Å². The summed E-state index contributed by atoms with van der Waals surface area (Å²) >= 11 is 0. The number of carbonyl (C=O) groups is 12. The molecule has 2 aliphatic carbocycles. The highest BCUT2D eigenvalue weighted by Crippen LogP contribution is 2.37. The van der Waals surface area contributed by atoms with E-state index < -0.39 is 82.6 Å². The van der Waals surface area contributed by atoms with E-state index in [1.165, 1.54) is 0 Å². The van der Waals surface area contributed by atoms with Crippen LogP contribution in [0, 0.1) is 11.8 Å². The molecule has 109 heavy (non-hydrogen) atoms. The second kappa shape index (κ2) is 45.2. The third kappa shape index (κ3) is 34.6. The minimum atomic E-state index is -1.27. The summed E-state index contributed by atoms with van der Waals surface area (Å²) in [5, 5.41) is 25.7. The Kier molecular flexibility index (Phi) is 36.8. The molecule has 2 saturated carbocycles. The lowest BCUT2D eigenvalue weighted by Gasteiger charge is -2.29. The molecule has 3 fully saturated rings. The van der Waals surface area contributed by atoms with Crippen molar-refractivity contribution < 1.29 is 81.2 Å². The number of amides is 10. The Morgan fingerprint density at radius 2 is 1.02 bits per heavy atom. The topological polar surface area (TPSA) is 375 Å². The summed E-state index contributed by atoms with van der Waals surface area (Å²) in [6.07, 6.45) is 13.6. The normalized spacial score (nSPS) is 19.1. The molecule has 28 heteroatoms. The molecule has 9 N–H and O–H groups in total. The van der Waals surface area contributed by atoms with E-state index in [0.717, 1.165) is 55.2 Å². The largest absolute Gasteiger partial charge is 0.460 e. The van der Waals surface area contributed by atoms with Gasteiger partial charge in [-0.15, -0.1) is 0 Å². The van der Waals surface area contributed by atoms with Crippen molar-refractivity contribution in [3.8, 4) is 0 Å². The smallest absolute Gasteiger partial charge is 0.329 e. The molecule has 6 rings (SSSR count). The molecule has 0 bridgehead atoms. The van der Waals surface area contributed by atoms with Gasteiger partial charge in [0.15, 0.2) is 0 Å². The quantitative estimate of drug-likeness (QED) is 0.0153. The predicted octanol–water partition coefficient (Wildman–Crippen LogP) is 7.28. The van der Waals surface area contributed by atoms with E-state index in [9.17, 15) is 57.5 Å². The van der Waals surface area contributed by atoms with E-state index >= 15 is 0 Å². The summed E-state index contributed by atoms with van der Waals surface area (Å²) in [4.78, 5) is 165. The average molecular weight is 1520 g/mol. The second-order valence-corrected chi connectivity index (χ2v) is 31.7. The lowest BCUT2D eigenvalue weighted by atomic mass is 9.85. The van der Waals surface area contributed by atoms with E-state index in [1.807, 2.05) is 66.7 Å². The molecule has 0 spiro atoms. The zero-order valence-electron chi connectivity index (χ0n) is 65.7. The number of aromatic nitrogens is 1. The van der Waals surface area contributed by atoms with Crippen molar-refractivity contribution in [2.24, 2.45) is 11.8 Å². The summed E-state index contributed by atoms with van der Waals surface area (Å²) in [6.45, 7) is 16.9. The molecule has 0 unspecified atom stereocenters. The number of unbranched alkanes of at least 4 members (excludes halogenated alkanes) is 4. The average Bonchev–Trinajstić information content (AvgIpc) is 1.65. The molecule has 28 nitrogen and oxygen atoms in total. The van der Waals surface area contributed by atoms with Crippen molar-refractivity contribution in [1.82, 2.24) is 57.7 Å². The van der Waals surface area contributed by atoms with Crippen LogP contribution in [0.5, 0.6) is 0 Å². The molecule has 2 aromatic carbocycles. The number of carbonyl (C=O) groups excluding carboxylic acids is 12. The number of likely N-dealkylation sites (tertiary alicyclic amines) is 1. The summed E-state index contributed by atoms with van der Waals surface area (Å²) in [7, 11) is 1.72. The number of ether oxygens (including phenoxy) is 5. The first-order valence-electron chi connectivity index (χ1n) is 39.0. The first-order valence-corrected chi connectivity index (χ1v) is 39.0. The molecule has 3 aromatic rings. The summed E-state index contributed by atoms with van der Waals surface area (Å²) in [6, 6.07) is 16.3. The van der Waals surface area contributed by atoms with Crippen LogP contribution in [0.3, 0.4) is 0 Å². The minimum Gasteiger partial charge on any atom is -0.460 e. The number of rotatable bonds is 42. The van der Waals surface area contributed by atoms with Crippen LogP contribution in [0.25, 0.3) is 0 Å². The van der Waals surface area contributed by atoms with Crippen molar-refractivity contribution in [2.75, 3.05) is 46.4 Å². The van der Waals surface area contributed by atoms with Gasteiger partial charge < -0.3 is 76.4 Å². The van der Waals surface area contributed by atoms with E-state index in [0.29, 0.717) is 84.1 Å². The Labute approximate surface area is 642 Å². The lowest BCUT2D eigenvalue weighted by molar-refractivity contribution is -0.159. The van der Waals surface area contributed by atoms with Crippen molar-refractivity contribution in [1.29, 1.82) is 0 Å². The van der Waals surface area contributed by atoms with Crippen molar-refractivity contribution in [3.05, 3.63) is 102 Å². The highest BCUT2D eigenvalue weighted by Gasteiger charge is 2.43. The molecule has 10 amide bonds. The highest BCUT2D eigenvalue weighted by atomic mass is 16.6. The highest BCUT2D eigenvalue weighted by molar-refractivity contribution is 5.93. The molecule has 1 aliphatic heterocycles. The second-order valence-electron chi connectivity index (χ2n) is 31.7. The fraction of sp³-hybridized carbons (Fsp3) is 0.642. The van der Waals surface area contributed by atoms with E-state index in [4.69, 9.17) is 23.7 Å². The Balaban J connectivity index is 0.846. The molecule has 2 heterocycles. The number of hydrogen-bond donors (Lipinski definition) is 9. The molecular weight excluding hydrogens is 1400 g/mol. The Bertz CT molecular complexity index is 3400. The van der Waals surface area contributed by atoms with Gasteiger partial charge in [0.05, 0.1) is 30.8 Å². The van der Waals surface area contributed by atoms with Gasteiger partial charge in [0.25, 0.3) is 0 Å². The van der Waals surface area contributed by atoms with E-state index in [-0.39, 0.29) is 130 Å².